The topological polar surface area (TPSA) is 105 Å². The van der Waals surface area contributed by atoms with Gasteiger partial charge in [0.2, 0.25) is 27.6 Å². The predicted molar refractivity (Wildman–Crippen MR) is 115 cm³/mol. The summed E-state index contributed by atoms with van der Waals surface area (Å²) in [7, 11) is -3.23. The Morgan fingerprint density at radius 3 is 2.93 bits per heavy atom. The minimum Gasteiger partial charge on any atom is -0.339 e. The van der Waals surface area contributed by atoms with Crippen LogP contribution in [0.15, 0.2) is 40.2 Å². The summed E-state index contributed by atoms with van der Waals surface area (Å²) < 4.78 is 30.3. The van der Waals surface area contributed by atoms with E-state index in [1.54, 1.807) is 11.3 Å². The van der Waals surface area contributed by atoms with E-state index in [0.29, 0.717) is 50.5 Å². The lowest BCUT2D eigenvalue weighted by atomic mass is 9.99. The van der Waals surface area contributed by atoms with Crippen LogP contribution in [0.3, 0.4) is 0 Å². The van der Waals surface area contributed by atoms with Gasteiger partial charge in [-0.15, -0.1) is 11.3 Å². The van der Waals surface area contributed by atoms with Crippen molar-refractivity contribution in [3.63, 3.8) is 0 Å². The number of benzene rings is 1. The molecule has 0 fully saturated rings. The van der Waals surface area contributed by atoms with Crippen molar-refractivity contribution in [3.8, 4) is 10.7 Å². The number of aryl methyl sites for hydroxylation is 1. The van der Waals surface area contributed by atoms with Gasteiger partial charge in [0.1, 0.15) is 0 Å². The van der Waals surface area contributed by atoms with Gasteiger partial charge >= 0.3 is 0 Å². The van der Waals surface area contributed by atoms with Crippen molar-refractivity contribution in [3.05, 3.63) is 52.7 Å². The third-order valence-electron chi connectivity index (χ3n) is 4.98. The van der Waals surface area contributed by atoms with Crippen molar-refractivity contribution < 1.29 is 17.7 Å². The molecule has 0 saturated carbocycles. The zero-order valence-electron chi connectivity index (χ0n) is 16.5. The molecule has 0 spiro atoms. The number of fused-ring (bicyclic) bond motifs is 1. The number of aromatic nitrogens is 2. The van der Waals surface area contributed by atoms with E-state index in [1.807, 2.05) is 35.7 Å². The number of hydrogen-bond acceptors (Lipinski definition) is 7. The summed E-state index contributed by atoms with van der Waals surface area (Å²) in [5, 5.41) is 8.89. The molecule has 0 aliphatic carbocycles. The van der Waals surface area contributed by atoms with Crippen LogP contribution < -0.4 is 5.32 Å². The zero-order chi connectivity index (χ0) is 21.1. The van der Waals surface area contributed by atoms with E-state index in [9.17, 15) is 13.2 Å². The second-order valence-electron chi connectivity index (χ2n) is 7.18. The van der Waals surface area contributed by atoms with Gasteiger partial charge in [0.15, 0.2) is 0 Å². The van der Waals surface area contributed by atoms with Crippen molar-refractivity contribution in [1.82, 2.24) is 14.4 Å². The van der Waals surface area contributed by atoms with Gasteiger partial charge in [-0.1, -0.05) is 23.4 Å². The van der Waals surface area contributed by atoms with E-state index in [0.717, 1.165) is 21.7 Å². The summed E-state index contributed by atoms with van der Waals surface area (Å²) in [6.45, 7) is 0.754. The quantitative estimate of drug-likeness (QED) is 0.598. The Morgan fingerprint density at radius 1 is 1.30 bits per heavy atom. The summed E-state index contributed by atoms with van der Waals surface area (Å²) in [6, 6.07) is 9.47. The Labute approximate surface area is 179 Å². The van der Waals surface area contributed by atoms with Crippen LogP contribution in [0.2, 0.25) is 0 Å². The van der Waals surface area contributed by atoms with E-state index < -0.39 is 10.0 Å². The number of amides is 1. The molecule has 1 aliphatic rings. The standard InChI is InChI=1S/C20H22N4O4S2/c1-30(26,27)24-11-10-15-14(13-24)5-2-6-16(15)21-18(25)8-3-9-19-22-20(23-28-19)17-7-4-12-29-17/h2,4-7,12H,3,8-11,13H2,1H3,(H,21,25). The van der Waals surface area contributed by atoms with Crippen LogP contribution in [0.4, 0.5) is 5.69 Å². The molecule has 30 heavy (non-hydrogen) atoms. The molecule has 1 amide bonds. The molecule has 1 aromatic carbocycles. The molecule has 3 aromatic rings. The Balaban J connectivity index is 1.32. The number of rotatable bonds is 7. The molecule has 4 rings (SSSR count). The fourth-order valence-electron chi connectivity index (χ4n) is 3.46. The number of nitrogens with zero attached hydrogens (tertiary/aromatic N) is 3. The van der Waals surface area contributed by atoms with Crippen LogP contribution in [-0.2, 0) is 34.2 Å². The zero-order valence-corrected chi connectivity index (χ0v) is 18.1. The van der Waals surface area contributed by atoms with Crippen molar-refractivity contribution in [2.24, 2.45) is 0 Å². The first kappa shape index (κ1) is 20.7. The van der Waals surface area contributed by atoms with Gasteiger partial charge in [-0.25, -0.2) is 8.42 Å². The molecule has 2 aromatic heterocycles. The third-order valence-corrected chi connectivity index (χ3v) is 7.09. The average molecular weight is 447 g/mol. The van der Waals surface area contributed by atoms with Gasteiger partial charge in [-0.05, 0) is 41.5 Å². The van der Waals surface area contributed by atoms with Crippen molar-refractivity contribution >= 4 is 33.0 Å². The number of carbonyl (C=O) groups is 1. The van der Waals surface area contributed by atoms with Crippen LogP contribution in [0.1, 0.15) is 29.9 Å². The van der Waals surface area contributed by atoms with E-state index in [-0.39, 0.29) is 5.91 Å². The summed E-state index contributed by atoms with van der Waals surface area (Å²) in [5.74, 6) is 1.000. The average Bonchev–Trinajstić information content (AvgIpc) is 3.39. The Kier molecular flexibility index (Phi) is 5.98. The fourth-order valence-corrected chi connectivity index (χ4v) is 4.90. The molecule has 1 aliphatic heterocycles. The fraction of sp³-hybridized carbons (Fsp3) is 0.350. The maximum Gasteiger partial charge on any atom is 0.226 e. The van der Waals surface area contributed by atoms with Crippen molar-refractivity contribution in [1.29, 1.82) is 0 Å². The highest BCUT2D eigenvalue weighted by Gasteiger charge is 2.24. The first-order valence-electron chi connectivity index (χ1n) is 9.62. The Bertz CT molecular complexity index is 1140. The minimum absolute atomic E-state index is 0.0908. The highest BCUT2D eigenvalue weighted by molar-refractivity contribution is 7.88. The number of sulfonamides is 1. The first-order valence-corrected chi connectivity index (χ1v) is 12.3. The minimum atomic E-state index is -3.23. The van der Waals surface area contributed by atoms with Gasteiger partial charge in [0.25, 0.3) is 0 Å². The van der Waals surface area contributed by atoms with Gasteiger partial charge in [0.05, 0.1) is 11.1 Å². The van der Waals surface area contributed by atoms with Gasteiger partial charge in [0, 0.05) is 31.6 Å². The van der Waals surface area contributed by atoms with Crippen LogP contribution in [0, 0.1) is 0 Å². The SMILES string of the molecule is CS(=O)(=O)N1CCc2c(cccc2NC(=O)CCCc2nc(-c3cccs3)no2)C1. The molecule has 3 heterocycles. The maximum atomic E-state index is 12.4. The highest BCUT2D eigenvalue weighted by Crippen LogP contribution is 2.27. The van der Waals surface area contributed by atoms with Gasteiger partial charge in [-0.3, -0.25) is 4.79 Å². The number of nitrogens with one attached hydrogen (secondary N) is 1. The summed E-state index contributed by atoms with van der Waals surface area (Å²) >= 11 is 1.55. The van der Waals surface area contributed by atoms with Crippen LogP contribution in [-0.4, -0.2) is 41.6 Å². The number of carbonyl (C=O) groups excluding carboxylic acids is 1. The molecule has 0 saturated heterocycles. The maximum absolute atomic E-state index is 12.4. The molecule has 0 unspecified atom stereocenters. The lowest BCUT2D eigenvalue weighted by Gasteiger charge is -2.28. The van der Waals surface area contributed by atoms with E-state index in [4.69, 9.17) is 4.52 Å². The van der Waals surface area contributed by atoms with E-state index in [2.05, 4.69) is 15.5 Å². The molecule has 1 N–H and O–H groups in total. The molecule has 0 radical (unpaired) electrons. The molecule has 158 valence electrons. The molecular weight excluding hydrogens is 424 g/mol. The van der Waals surface area contributed by atoms with Crippen molar-refractivity contribution in [2.45, 2.75) is 32.2 Å². The van der Waals surface area contributed by atoms with Crippen LogP contribution in [0.5, 0.6) is 0 Å². The lowest BCUT2D eigenvalue weighted by molar-refractivity contribution is -0.116. The number of anilines is 1. The first-order chi connectivity index (χ1) is 14.4. The highest BCUT2D eigenvalue weighted by atomic mass is 32.2. The lowest BCUT2D eigenvalue weighted by Crippen LogP contribution is -2.35. The second kappa shape index (κ2) is 8.66. The normalized spacial score (nSPS) is 14.4. The molecule has 0 bridgehead atoms. The predicted octanol–water partition coefficient (Wildman–Crippen LogP) is 3.08. The van der Waals surface area contributed by atoms with Crippen LogP contribution in [0.25, 0.3) is 10.7 Å². The summed E-state index contributed by atoms with van der Waals surface area (Å²) in [4.78, 5) is 17.7. The van der Waals surface area contributed by atoms with E-state index in [1.165, 1.54) is 10.6 Å². The monoisotopic (exact) mass is 446 g/mol. The second-order valence-corrected chi connectivity index (χ2v) is 10.1. The largest absolute Gasteiger partial charge is 0.339 e. The van der Waals surface area contributed by atoms with Gasteiger partial charge < -0.3 is 9.84 Å². The summed E-state index contributed by atoms with van der Waals surface area (Å²) in [5.41, 5.74) is 2.68. The summed E-state index contributed by atoms with van der Waals surface area (Å²) in [6.07, 6.45) is 3.25. The van der Waals surface area contributed by atoms with Crippen molar-refractivity contribution in [2.75, 3.05) is 18.1 Å². The Morgan fingerprint density at radius 2 is 2.17 bits per heavy atom. The molecule has 8 nitrogen and oxygen atoms in total. The molecule has 10 heteroatoms. The van der Waals surface area contributed by atoms with Gasteiger partial charge in [-0.2, -0.15) is 9.29 Å². The Hall–Kier alpha value is -2.56. The molecular formula is C20H22N4O4S2. The number of thiophene rings is 1. The molecule has 0 atom stereocenters. The number of hydrogen-bond donors (Lipinski definition) is 1. The van der Waals surface area contributed by atoms with E-state index >= 15 is 0 Å². The van der Waals surface area contributed by atoms with Crippen LogP contribution >= 0.6 is 11.3 Å². The smallest absolute Gasteiger partial charge is 0.226 e. The third kappa shape index (κ3) is 4.77.